The number of hydrogen-bond acceptors (Lipinski definition) is 3. The molecule has 126 valence electrons. The zero-order valence-electron chi connectivity index (χ0n) is 13.4. The Balaban J connectivity index is 1.50. The number of carbonyl (C=O) groups is 1. The third kappa shape index (κ3) is 3.29. The minimum atomic E-state index is -0.279. The molecular weight excluding hydrogens is 321 g/mol. The average Bonchev–Trinajstić information content (AvgIpc) is 3.06. The van der Waals surface area contributed by atoms with E-state index in [4.69, 9.17) is 4.74 Å². The molecule has 0 radical (unpaired) electrons. The topological polar surface area (TPSA) is 56.2 Å². The molecule has 3 aromatic rings. The number of nitrogens with one attached hydrogen (secondary N) is 1. The van der Waals surface area contributed by atoms with E-state index in [-0.39, 0.29) is 17.8 Å². The summed E-state index contributed by atoms with van der Waals surface area (Å²) in [6, 6.07) is 17.2. The van der Waals surface area contributed by atoms with Crippen LogP contribution < -0.4 is 5.32 Å². The van der Waals surface area contributed by atoms with Crippen LogP contribution in [0.25, 0.3) is 0 Å². The number of rotatable bonds is 3. The highest BCUT2D eigenvalue weighted by Crippen LogP contribution is 2.26. The fourth-order valence-electron chi connectivity index (χ4n) is 2.83. The SMILES string of the molecule is O=C(Nc1ccccc1)c1cc2n(n1)C[C@H](c1ccc(F)cc1)OC2. The minimum absolute atomic E-state index is 0.210. The Morgan fingerprint density at radius 1 is 1.16 bits per heavy atom. The van der Waals surface area contributed by atoms with Crippen LogP contribution in [0.15, 0.2) is 60.7 Å². The predicted octanol–water partition coefficient (Wildman–Crippen LogP) is 3.55. The summed E-state index contributed by atoms with van der Waals surface area (Å²) in [6.45, 7) is 0.841. The Hall–Kier alpha value is -2.99. The van der Waals surface area contributed by atoms with E-state index in [2.05, 4.69) is 10.4 Å². The van der Waals surface area contributed by atoms with E-state index in [9.17, 15) is 9.18 Å². The van der Waals surface area contributed by atoms with Gasteiger partial charge in [-0.2, -0.15) is 5.10 Å². The molecule has 0 fully saturated rings. The number of halogens is 1. The van der Waals surface area contributed by atoms with Crippen LogP contribution in [0.3, 0.4) is 0 Å². The second kappa shape index (κ2) is 6.49. The van der Waals surface area contributed by atoms with Gasteiger partial charge in [-0.1, -0.05) is 30.3 Å². The molecule has 0 unspecified atom stereocenters. The number of nitrogens with zero attached hydrogens (tertiary/aromatic N) is 2. The number of benzene rings is 2. The molecule has 1 amide bonds. The third-order valence-electron chi connectivity index (χ3n) is 4.14. The first-order valence-corrected chi connectivity index (χ1v) is 7.99. The summed E-state index contributed by atoms with van der Waals surface area (Å²) in [6.07, 6.45) is -0.210. The van der Waals surface area contributed by atoms with Gasteiger partial charge in [0, 0.05) is 5.69 Å². The molecule has 1 atom stereocenters. The molecule has 6 heteroatoms. The molecule has 5 nitrogen and oxygen atoms in total. The summed E-state index contributed by atoms with van der Waals surface area (Å²) in [4.78, 5) is 12.4. The molecule has 4 rings (SSSR count). The fraction of sp³-hybridized carbons (Fsp3) is 0.158. The molecular formula is C19H16FN3O2. The highest BCUT2D eigenvalue weighted by atomic mass is 19.1. The maximum Gasteiger partial charge on any atom is 0.276 e. The van der Waals surface area contributed by atoms with E-state index in [1.165, 1.54) is 12.1 Å². The summed E-state index contributed by atoms with van der Waals surface area (Å²) in [5.74, 6) is -0.536. The molecule has 0 aliphatic carbocycles. The number of carbonyl (C=O) groups excluding carboxylic acids is 1. The summed E-state index contributed by atoms with van der Waals surface area (Å²) in [5, 5.41) is 7.21. The van der Waals surface area contributed by atoms with Gasteiger partial charge in [0.15, 0.2) is 5.69 Å². The van der Waals surface area contributed by atoms with Crippen LogP contribution in [-0.2, 0) is 17.9 Å². The first-order chi connectivity index (χ1) is 12.2. The highest BCUT2D eigenvalue weighted by molar-refractivity contribution is 6.02. The lowest BCUT2D eigenvalue weighted by Gasteiger charge is -2.24. The number of amides is 1. The van der Waals surface area contributed by atoms with E-state index < -0.39 is 0 Å². The van der Waals surface area contributed by atoms with E-state index in [1.54, 1.807) is 22.9 Å². The maximum absolute atomic E-state index is 13.1. The maximum atomic E-state index is 13.1. The molecule has 1 aliphatic heterocycles. The van der Waals surface area contributed by atoms with Gasteiger partial charge in [-0.15, -0.1) is 0 Å². The first-order valence-electron chi connectivity index (χ1n) is 7.99. The van der Waals surface area contributed by atoms with Crippen molar-refractivity contribution in [3.05, 3.63) is 83.4 Å². The Morgan fingerprint density at radius 3 is 2.68 bits per heavy atom. The quantitative estimate of drug-likeness (QED) is 0.795. The van der Waals surface area contributed by atoms with E-state index in [0.29, 0.717) is 18.8 Å². The standard InChI is InChI=1S/C19H16FN3O2/c20-14-8-6-13(7-9-14)18-11-23-16(12-25-18)10-17(22-23)19(24)21-15-4-2-1-3-5-15/h1-10,18H,11-12H2,(H,21,24)/t18-/m1/s1. The molecule has 0 bridgehead atoms. The molecule has 0 spiro atoms. The lowest BCUT2D eigenvalue weighted by molar-refractivity contribution is -0.00122. The van der Waals surface area contributed by atoms with Crippen molar-refractivity contribution in [2.75, 3.05) is 5.32 Å². The summed E-state index contributed by atoms with van der Waals surface area (Å²) < 4.78 is 20.7. The van der Waals surface area contributed by atoms with Crippen LogP contribution in [0.1, 0.15) is 27.8 Å². The highest BCUT2D eigenvalue weighted by Gasteiger charge is 2.24. The molecule has 2 heterocycles. The second-order valence-electron chi connectivity index (χ2n) is 5.87. The fourth-order valence-corrected chi connectivity index (χ4v) is 2.83. The number of anilines is 1. The van der Waals surface area contributed by atoms with Crippen LogP contribution in [-0.4, -0.2) is 15.7 Å². The van der Waals surface area contributed by atoms with Gasteiger partial charge in [-0.3, -0.25) is 9.48 Å². The number of ether oxygens (including phenoxy) is 1. The molecule has 0 saturated heterocycles. The van der Waals surface area contributed by atoms with Crippen molar-refractivity contribution >= 4 is 11.6 Å². The van der Waals surface area contributed by atoms with Gasteiger partial charge >= 0.3 is 0 Å². The van der Waals surface area contributed by atoms with Gasteiger partial charge in [-0.25, -0.2) is 4.39 Å². The van der Waals surface area contributed by atoms with E-state index in [0.717, 1.165) is 16.9 Å². The van der Waals surface area contributed by atoms with E-state index >= 15 is 0 Å². The largest absolute Gasteiger partial charge is 0.365 e. The smallest absolute Gasteiger partial charge is 0.276 e. The lowest BCUT2D eigenvalue weighted by Crippen LogP contribution is -2.22. The van der Waals surface area contributed by atoms with E-state index in [1.807, 2.05) is 30.3 Å². The second-order valence-corrected chi connectivity index (χ2v) is 5.87. The summed E-state index contributed by atoms with van der Waals surface area (Å²) in [5.41, 5.74) is 2.80. The zero-order valence-corrected chi connectivity index (χ0v) is 13.4. The van der Waals surface area contributed by atoms with Gasteiger partial charge in [0.05, 0.1) is 18.8 Å². The molecule has 25 heavy (non-hydrogen) atoms. The van der Waals surface area contributed by atoms with Gasteiger partial charge in [-0.05, 0) is 35.9 Å². The first kappa shape index (κ1) is 15.5. The third-order valence-corrected chi connectivity index (χ3v) is 4.14. The van der Waals surface area contributed by atoms with Crippen LogP contribution in [0.5, 0.6) is 0 Å². The number of hydrogen-bond donors (Lipinski definition) is 1. The van der Waals surface area contributed by atoms with Crippen molar-refractivity contribution in [1.82, 2.24) is 9.78 Å². The van der Waals surface area contributed by atoms with Crippen molar-refractivity contribution in [2.45, 2.75) is 19.3 Å². The predicted molar refractivity (Wildman–Crippen MR) is 90.6 cm³/mol. The average molecular weight is 337 g/mol. The monoisotopic (exact) mass is 337 g/mol. The Labute approximate surface area is 144 Å². The molecule has 1 N–H and O–H groups in total. The van der Waals surface area contributed by atoms with Crippen molar-refractivity contribution in [2.24, 2.45) is 0 Å². The van der Waals surface area contributed by atoms with Crippen molar-refractivity contribution in [1.29, 1.82) is 0 Å². The number of para-hydroxylation sites is 1. The van der Waals surface area contributed by atoms with Crippen molar-refractivity contribution in [3.63, 3.8) is 0 Å². The Kier molecular flexibility index (Phi) is 4.03. The summed E-state index contributed by atoms with van der Waals surface area (Å²) >= 11 is 0. The van der Waals surface area contributed by atoms with Crippen LogP contribution in [0.2, 0.25) is 0 Å². The van der Waals surface area contributed by atoms with Crippen LogP contribution in [0, 0.1) is 5.82 Å². The van der Waals surface area contributed by atoms with Gasteiger partial charge in [0.25, 0.3) is 5.91 Å². The van der Waals surface area contributed by atoms with Crippen molar-refractivity contribution in [3.8, 4) is 0 Å². The minimum Gasteiger partial charge on any atom is -0.365 e. The number of aromatic nitrogens is 2. The normalized spacial score (nSPS) is 16.3. The molecule has 1 aliphatic rings. The van der Waals surface area contributed by atoms with Crippen LogP contribution >= 0.6 is 0 Å². The van der Waals surface area contributed by atoms with Crippen LogP contribution in [0.4, 0.5) is 10.1 Å². The van der Waals surface area contributed by atoms with Gasteiger partial charge in [0.2, 0.25) is 0 Å². The Morgan fingerprint density at radius 2 is 1.92 bits per heavy atom. The van der Waals surface area contributed by atoms with Gasteiger partial charge in [0.1, 0.15) is 11.9 Å². The number of fused-ring (bicyclic) bond motifs is 1. The zero-order chi connectivity index (χ0) is 17.2. The lowest BCUT2D eigenvalue weighted by atomic mass is 10.1. The molecule has 0 saturated carbocycles. The Bertz CT molecular complexity index is 891. The van der Waals surface area contributed by atoms with Crippen molar-refractivity contribution < 1.29 is 13.9 Å². The summed E-state index contributed by atoms with van der Waals surface area (Å²) in [7, 11) is 0. The molecule has 2 aromatic carbocycles. The molecule has 1 aromatic heterocycles. The van der Waals surface area contributed by atoms with Gasteiger partial charge < -0.3 is 10.1 Å².